The zero-order valence-corrected chi connectivity index (χ0v) is 7.84. The molecule has 1 aromatic carbocycles. The van der Waals surface area contributed by atoms with Crippen molar-refractivity contribution in [3.8, 4) is 0 Å². The van der Waals surface area contributed by atoms with E-state index in [0.29, 0.717) is 5.56 Å². The zero-order chi connectivity index (χ0) is 11.4. The summed E-state index contributed by atoms with van der Waals surface area (Å²) in [6, 6.07) is 4.50. The average molecular weight is 210 g/mol. The topological polar surface area (TPSA) is 106 Å². The fourth-order valence-corrected chi connectivity index (χ4v) is 1.28. The molecule has 6 nitrogen and oxygen atoms in total. The highest BCUT2D eigenvalue weighted by Gasteiger charge is 2.17. The molecule has 3 N–H and O–H groups in total. The van der Waals surface area contributed by atoms with Crippen LogP contribution in [0.3, 0.4) is 0 Å². The number of nitrogen functional groups attached to an aromatic ring is 1. The summed E-state index contributed by atoms with van der Waals surface area (Å²) < 4.78 is 0. The Morgan fingerprint density at radius 3 is 2.73 bits per heavy atom. The number of hydrogen-bond acceptors (Lipinski definition) is 4. The molecule has 80 valence electrons. The Labute approximate surface area is 85.5 Å². The maximum atomic E-state index is 10.7. The fraction of sp³-hybridized carbons (Fsp3) is 0.222. The van der Waals surface area contributed by atoms with E-state index >= 15 is 0 Å². The highest BCUT2D eigenvalue weighted by atomic mass is 16.6. The van der Waals surface area contributed by atoms with E-state index in [2.05, 4.69) is 0 Å². The summed E-state index contributed by atoms with van der Waals surface area (Å²) >= 11 is 0. The summed E-state index contributed by atoms with van der Waals surface area (Å²) in [6.07, 6.45) is -0.0407. The molecule has 0 aliphatic heterocycles. The van der Waals surface area contributed by atoms with Crippen molar-refractivity contribution in [3.05, 3.63) is 33.9 Å². The molecular formula is C9H10N2O4. The minimum Gasteiger partial charge on any atom is -0.481 e. The first-order valence-corrected chi connectivity index (χ1v) is 4.26. The second kappa shape index (κ2) is 4.41. The van der Waals surface area contributed by atoms with Crippen LogP contribution in [-0.4, -0.2) is 16.0 Å². The fourth-order valence-electron chi connectivity index (χ4n) is 1.28. The third kappa shape index (κ3) is 2.67. The lowest BCUT2D eigenvalue weighted by Crippen LogP contribution is -2.03. The molecule has 15 heavy (non-hydrogen) atoms. The Hall–Kier alpha value is -2.11. The van der Waals surface area contributed by atoms with Gasteiger partial charge in [0.05, 0.1) is 4.92 Å². The summed E-state index contributed by atoms with van der Waals surface area (Å²) in [4.78, 5) is 20.4. The second-order valence-corrected chi connectivity index (χ2v) is 3.01. The van der Waals surface area contributed by atoms with Crippen LogP contribution < -0.4 is 5.73 Å². The van der Waals surface area contributed by atoms with E-state index in [1.165, 1.54) is 12.1 Å². The van der Waals surface area contributed by atoms with E-state index in [0.717, 1.165) is 0 Å². The van der Waals surface area contributed by atoms with Gasteiger partial charge >= 0.3 is 5.97 Å². The molecule has 0 aliphatic rings. The van der Waals surface area contributed by atoms with Gasteiger partial charge in [-0.05, 0) is 12.5 Å². The number of carbonyl (C=O) groups is 1. The highest BCUT2D eigenvalue weighted by Crippen LogP contribution is 2.26. The van der Waals surface area contributed by atoms with Crippen LogP contribution in [0.2, 0.25) is 0 Å². The van der Waals surface area contributed by atoms with Crippen LogP contribution >= 0.6 is 0 Å². The maximum absolute atomic E-state index is 10.7. The number of carboxylic acid groups (broad SMARTS) is 1. The van der Waals surface area contributed by atoms with Gasteiger partial charge in [0.2, 0.25) is 0 Å². The lowest BCUT2D eigenvalue weighted by Gasteiger charge is -2.03. The largest absolute Gasteiger partial charge is 0.481 e. The van der Waals surface area contributed by atoms with Crippen LogP contribution in [0.1, 0.15) is 12.0 Å². The second-order valence-electron chi connectivity index (χ2n) is 3.01. The highest BCUT2D eigenvalue weighted by molar-refractivity contribution is 5.68. The molecular weight excluding hydrogens is 200 g/mol. The Kier molecular flexibility index (Phi) is 3.22. The SMILES string of the molecule is Nc1cccc(CCC(=O)O)c1[N+](=O)[O-]. The lowest BCUT2D eigenvalue weighted by atomic mass is 10.1. The predicted molar refractivity (Wildman–Crippen MR) is 53.5 cm³/mol. The van der Waals surface area contributed by atoms with Crippen molar-refractivity contribution in [1.82, 2.24) is 0 Å². The third-order valence-corrected chi connectivity index (χ3v) is 1.94. The van der Waals surface area contributed by atoms with Crippen molar-refractivity contribution in [2.45, 2.75) is 12.8 Å². The van der Waals surface area contributed by atoms with Crippen molar-refractivity contribution in [3.63, 3.8) is 0 Å². The molecule has 0 bridgehead atoms. The van der Waals surface area contributed by atoms with Crippen molar-refractivity contribution < 1.29 is 14.8 Å². The number of carboxylic acids is 1. The van der Waals surface area contributed by atoms with Gasteiger partial charge in [0, 0.05) is 12.0 Å². The minimum absolute atomic E-state index is 0.0582. The first-order valence-electron chi connectivity index (χ1n) is 4.26. The van der Waals surface area contributed by atoms with Gasteiger partial charge in [0.1, 0.15) is 5.69 Å². The number of aryl methyl sites for hydroxylation is 1. The summed E-state index contributed by atoms with van der Waals surface area (Å²) in [5.74, 6) is -0.994. The minimum atomic E-state index is -0.994. The number of nitro benzene ring substituents is 1. The van der Waals surface area contributed by atoms with E-state index in [1.54, 1.807) is 6.07 Å². The van der Waals surface area contributed by atoms with E-state index in [9.17, 15) is 14.9 Å². The maximum Gasteiger partial charge on any atom is 0.303 e. The normalized spacial score (nSPS) is 9.87. The molecule has 0 unspecified atom stereocenters. The van der Waals surface area contributed by atoms with Gasteiger partial charge < -0.3 is 10.8 Å². The van der Waals surface area contributed by atoms with Crippen molar-refractivity contribution in [2.24, 2.45) is 0 Å². The van der Waals surface area contributed by atoms with Crippen LogP contribution in [0.25, 0.3) is 0 Å². The first-order chi connectivity index (χ1) is 7.02. The van der Waals surface area contributed by atoms with E-state index in [-0.39, 0.29) is 24.2 Å². The van der Waals surface area contributed by atoms with E-state index in [4.69, 9.17) is 10.8 Å². The molecule has 6 heteroatoms. The molecule has 0 aliphatic carbocycles. The van der Waals surface area contributed by atoms with Crippen molar-refractivity contribution in [2.75, 3.05) is 5.73 Å². The van der Waals surface area contributed by atoms with Crippen LogP contribution in [0.4, 0.5) is 11.4 Å². The number of benzene rings is 1. The molecule has 0 atom stereocenters. The van der Waals surface area contributed by atoms with Gasteiger partial charge in [-0.15, -0.1) is 0 Å². The molecule has 0 spiro atoms. The number of nitrogens with two attached hydrogens (primary N) is 1. The average Bonchev–Trinajstić information content (AvgIpc) is 2.13. The summed E-state index contributed by atoms with van der Waals surface area (Å²) in [7, 11) is 0. The van der Waals surface area contributed by atoms with Crippen molar-refractivity contribution >= 4 is 17.3 Å². The van der Waals surface area contributed by atoms with Crippen molar-refractivity contribution in [1.29, 1.82) is 0 Å². The third-order valence-electron chi connectivity index (χ3n) is 1.94. The van der Waals surface area contributed by atoms with Crippen LogP contribution in [0.5, 0.6) is 0 Å². The first kappa shape index (κ1) is 11.0. The van der Waals surface area contributed by atoms with Crippen LogP contribution in [0.15, 0.2) is 18.2 Å². The van der Waals surface area contributed by atoms with Crippen LogP contribution in [-0.2, 0) is 11.2 Å². The smallest absolute Gasteiger partial charge is 0.303 e. The summed E-state index contributed by atoms with van der Waals surface area (Å²) in [5, 5.41) is 19.1. The molecule has 0 aromatic heterocycles. The molecule has 0 heterocycles. The standard InChI is InChI=1S/C9H10N2O4/c10-7-3-1-2-6(4-5-8(12)13)9(7)11(14)15/h1-3H,4-5,10H2,(H,12,13). The predicted octanol–water partition coefficient (Wildman–Crippen LogP) is 1.19. The van der Waals surface area contributed by atoms with Gasteiger partial charge in [0.15, 0.2) is 0 Å². The molecule has 0 amide bonds. The Morgan fingerprint density at radius 2 is 2.20 bits per heavy atom. The quantitative estimate of drug-likeness (QED) is 0.441. The number of nitro groups is 1. The Balaban J connectivity index is 3.01. The van der Waals surface area contributed by atoms with E-state index < -0.39 is 10.9 Å². The summed E-state index contributed by atoms with van der Waals surface area (Å²) in [6.45, 7) is 0. The Bertz CT molecular complexity index is 403. The Morgan fingerprint density at radius 1 is 1.53 bits per heavy atom. The molecule has 1 rings (SSSR count). The van der Waals surface area contributed by atoms with Crippen LogP contribution in [0, 0.1) is 10.1 Å². The lowest BCUT2D eigenvalue weighted by molar-refractivity contribution is -0.384. The van der Waals surface area contributed by atoms with Gasteiger partial charge in [-0.1, -0.05) is 12.1 Å². The molecule has 0 radical (unpaired) electrons. The molecule has 0 fully saturated rings. The number of anilines is 1. The van der Waals surface area contributed by atoms with Gasteiger partial charge in [0.25, 0.3) is 5.69 Å². The summed E-state index contributed by atoms with van der Waals surface area (Å²) in [5.41, 5.74) is 5.65. The van der Waals surface area contributed by atoms with Gasteiger partial charge in [-0.3, -0.25) is 14.9 Å². The number of nitrogens with zero attached hydrogens (tertiary/aromatic N) is 1. The van der Waals surface area contributed by atoms with Gasteiger partial charge in [-0.2, -0.15) is 0 Å². The number of para-hydroxylation sites is 1. The molecule has 0 saturated heterocycles. The van der Waals surface area contributed by atoms with E-state index in [1.807, 2.05) is 0 Å². The van der Waals surface area contributed by atoms with Gasteiger partial charge in [-0.25, -0.2) is 0 Å². The number of rotatable bonds is 4. The molecule has 0 saturated carbocycles. The zero-order valence-electron chi connectivity index (χ0n) is 7.84. The monoisotopic (exact) mass is 210 g/mol. The number of hydrogen-bond donors (Lipinski definition) is 2. The molecule has 1 aromatic rings. The number of aliphatic carboxylic acids is 1.